The van der Waals surface area contributed by atoms with Crippen molar-refractivity contribution in [3.05, 3.63) is 35.9 Å². The minimum Gasteiger partial charge on any atom is -0.353 e. The van der Waals surface area contributed by atoms with Gasteiger partial charge in [0.05, 0.1) is 12.0 Å². The number of nitrogens with zero attached hydrogens (tertiary/aromatic N) is 1. The molecule has 1 aliphatic rings. The number of nitrogens with one attached hydrogen (secondary N) is 3. The monoisotopic (exact) mass is 328 g/mol. The summed E-state index contributed by atoms with van der Waals surface area (Å²) < 4.78 is 0. The first-order valence-electron chi connectivity index (χ1n) is 8.33. The Balaban J connectivity index is 1.91. The van der Waals surface area contributed by atoms with Gasteiger partial charge in [0.2, 0.25) is 5.91 Å². The Kier molecular flexibility index (Phi) is 6.19. The zero-order valence-electron chi connectivity index (χ0n) is 14.0. The number of amides is 3. The fourth-order valence-corrected chi connectivity index (χ4v) is 2.89. The lowest BCUT2D eigenvalue weighted by Crippen LogP contribution is -2.59. The van der Waals surface area contributed by atoms with Crippen molar-refractivity contribution < 1.29 is 9.59 Å². The molecule has 1 saturated carbocycles. The van der Waals surface area contributed by atoms with Crippen LogP contribution in [0.25, 0.3) is 0 Å². The number of benzene rings is 1. The van der Waals surface area contributed by atoms with Crippen LogP contribution in [0, 0.1) is 17.2 Å². The minimum absolute atomic E-state index is 0.197. The molecule has 1 aromatic rings. The maximum atomic E-state index is 12.5. The first-order valence-corrected chi connectivity index (χ1v) is 8.33. The van der Waals surface area contributed by atoms with E-state index in [9.17, 15) is 9.59 Å². The summed E-state index contributed by atoms with van der Waals surface area (Å²) in [5, 5.41) is 17.3. The highest BCUT2D eigenvalue weighted by Crippen LogP contribution is 2.30. The maximum Gasteiger partial charge on any atom is 0.315 e. The standard InChI is InChI=1S/C18H24N4O2/c1-14(11-19)12-20-16(23)18(9-5-6-10-18)22-17(24)21-13-15-7-3-2-4-8-15/h2-4,7-8,14H,5-6,9-10,12-13H2,1H3,(H,20,23)(H2,21,22,24). The van der Waals surface area contributed by atoms with Gasteiger partial charge in [-0.2, -0.15) is 5.26 Å². The van der Waals surface area contributed by atoms with E-state index >= 15 is 0 Å². The summed E-state index contributed by atoms with van der Waals surface area (Å²) in [7, 11) is 0. The Labute approximate surface area is 142 Å². The number of carbonyl (C=O) groups is 2. The van der Waals surface area contributed by atoms with Crippen molar-refractivity contribution in [1.29, 1.82) is 5.26 Å². The normalized spacial score (nSPS) is 16.7. The lowest BCUT2D eigenvalue weighted by atomic mass is 9.96. The highest BCUT2D eigenvalue weighted by molar-refractivity contribution is 5.91. The molecule has 0 aliphatic heterocycles. The predicted molar refractivity (Wildman–Crippen MR) is 90.8 cm³/mol. The fourth-order valence-electron chi connectivity index (χ4n) is 2.89. The molecule has 0 saturated heterocycles. The number of nitriles is 1. The lowest BCUT2D eigenvalue weighted by molar-refractivity contribution is -0.127. The molecule has 2 rings (SSSR count). The molecule has 0 radical (unpaired) electrons. The molecule has 0 bridgehead atoms. The van der Waals surface area contributed by atoms with Gasteiger partial charge < -0.3 is 16.0 Å². The molecule has 1 atom stereocenters. The highest BCUT2D eigenvalue weighted by Gasteiger charge is 2.42. The van der Waals surface area contributed by atoms with E-state index in [4.69, 9.17) is 5.26 Å². The third-order valence-electron chi connectivity index (χ3n) is 4.33. The topological polar surface area (TPSA) is 94.0 Å². The van der Waals surface area contributed by atoms with Gasteiger partial charge in [-0.05, 0) is 25.3 Å². The number of hydrogen-bond donors (Lipinski definition) is 3. The van der Waals surface area contributed by atoms with Crippen LogP contribution < -0.4 is 16.0 Å². The summed E-state index contributed by atoms with van der Waals surface area (Å²) in [5.41, 5.74) is 0.135. The largest absolute Gasteiger partial charge is 0.353 e. The first kappa shape index (κ1) is 17.8. The molecule has 3 amide bonds. The fraction of sp³-hybridized carbons (Fsp3) is 0.500. The molecule has 3 N–H and O–H groups in total. The first-order chi connectivity index (χ1) is 11.6. The van der Waals surface area contributed by atoms with E-state index in [-0.39, 0.29) is 17.9 Å². The molecule has 1 aromatic carbocycles. The van der Waals surface area contributed by atoms with E-state index < -0.39 is 5.54 Å². The summed E-state index contributed by atoms with van der Waals surface area (Å²) in [6.45, 7) is 2.46. The van der Waals surface area contributed by atoms with Gasteiger partial charge in [-0.1, -0.05) is 43.2 Å². The van der Waals surface area contributed by atoms with Gasteiger partial charge in [0.25, 0.3) is 0 Å². The van der Waals surface area contributed by atoms with Crippen LogP contribution in [0.2, 0.25) is 0 Å². The van der Waals surface area contributed by atoms with E-state index in [0.717, 1.165) is 18.4 Å². The van der Waals surface area contributed by atoms with Gasteiger partial charge in [-0.25, -0.2) is 4.79 Å². The number of urea groups is 1. The molecule has 1 aliphatic carbocycles. The van der Waals surface area contributed by atoms with Crippen molar-refractivity contribution in [3.8, 4) is 6.07 Å². The summed E-state index contributed by atoms with van der Waals surface area (Å²) in [5.74, 6) is -0.448. The molecule has 0 aromatic heterocycles. The van der Waals surface area contributed by atoms with Gasteiger partial charge >= 0.3 is 6.03 Å². The number of hydrogen-bond acceptors (Lipinski definition) is 3. The average Bonchev–Trinajstić information content (AvgIpc) is 3.08. The Bertz CT molecular complexity index is 603. The van der Waals surface area contributed by atoms with Gasteiger partial charge in [-0.3, -0.25) is 4.79 Å². The Hall–Kier alpha value is -2.55. The predicted octanol–water partition coefficient (Wildman–Crippen LogP) is 2.07. The van der Waals surface area contributed by atoms with Crippen LogP contribution in [0.5, 0.6) is 0 Å². The second kappa shape index (κ2) is 8.34. The van der Waals surface area contributed by atoms with Crippen LogP contribution in [-0.2, 0) is 11.3 Å². The molecule has 6 heteroatoms. The van der Waals surface area contributed by atoms with Gasteiger partial charge in [0.1, 0.15) is 5.54 Å². The van der Waals surface area contributed by atoms with E-state index in [1.54, 1.807) is 6.92 Å². The molecule has 1 unspecified atom stereocenters. The van der Waals surface area contributed by atoms with Crippen molar-refractivity contribution in [2.24, 2.45) is 5.92 Å². The molecule has 0 spiro atoms. The van der Waals surface area contributed by atoms with Crippen LogP contribution in [0.4, 0.5) is 4.79 Å². The van der Waals surface area contributed by atoms with Gasteiger partial charge in [0, 0.05) is 13.1 Å². The Morgan fingerprint density at radius 2 is 1.88 bits per heavy atom. The molecular formula is C18H24N4O2. The zero-order chi connectivity index (χ0) is 17.4. The SMILES string of the molecule is CC(C#N)CNC(=O)C1(NC(=O)NCc2ccccc2)CCCC1. The van der Waals surface area contributed by atoms with E-state index in [2.05, 4.69) is 22.0 Å². The quantitative estimate of drug-likeness (QED) is 0.746. The second-order valence-electron chi connectivity index (χ2n) is 6.32. The molecule has 0 heterocycles. The molecule has 6 nitrogen and oxygen atoms in total. The minimum atomic E-state index is -0.865. The molecule has 24 heavy (non-hydrogen) atoms. The van der Waals surface area contributed by atoms with Crippen molar-refractivity contribution in [1.82, 2.24) is 16.0 Å². The Morgan fingerprint density at radius 1 is 1.21 bits per heavy atom. The second-order valence-corrected chi connectivity index (χ2v) is 6.32. The van der Waals surface area contributed by atoms with E-state index in [0.29, 0.717) is 25.9 Å². The molecule has 1 fully saturated rings. The Morgan fingerprint density at radius 3 is 2.50 bits per heavy atom. The van der Waals surface area contributed by atoms with Gasteiger partial charge in [0.15, 0.2) is 0 Å². The lowest BCUT2D eigenvalue weighted by Gasteiger charge is -2.29. The van der Waals surface area contributed by atoms with E-state index in [1.165, 1.54) is 0 Å². The third-order valence-corrected chi connectivity index (χ3v) is 4.33. The van der Waals surface area contributed by atoms with Crippen molar-refractivity contribution in [2.75, 3.05) is 6.54 Å². The van der Waals surface area contributed by atoms with Crippen LogP contribution in [-0.4, -0.2) is 24.0 Å². The zero-order valence-corrected chi connectivity index (χ0v) is 14.0. The van der Waals surface area contributed by atoms with Crippen LogP contribution >= 0.6 is 0 Å². The summed E-state index contributed by atoms with van der Waals surface area (Å²) >= 11 is 0. The van der Waals surface area contributed by atoms with E-state index in [1.807, 2.05) is 30.3 Å². The highest BCUT2D eigenvalue weighted by atomic mass is 16.2. The molecule has 128 valence electrons. The van der Waals surface area contributed by atoms with Gasteiger partial charge in [-0.15, -0.1) is 0 Å². The summed E-state index contributed by atoms with van der Waals surface area (Å²) in [6.07, 6.45) is 3.05. The summed E-state index contributed by atoms with van der Waals surface area (Å²) in [6, 6.07) is 11.4. The third kappa shape index (κ3) is 4.72. The average molecular weight is 328 g/mol. The van der Waals surface area contributed by atoms with Crippen molar-refractivity contribution >= 4 is 11.9 Å². The molecular weight excluding hydrogens is 304 g/mol. The van der Waals surface area contributed by atoms with Crippen LogP contribution in [0.15, 0.2) is 30.3 Å². The number of carbonyl (C=O) groups excluding carboxylic acids is 2. The number of rotatable bonds is 6. The van der Waals surface area contributed by atoms with Crippen LogP contribution in [0.1, 0.15) is 38.2 Å². The summed E-state index contributed by atoms with van der Waals surface area (Å²) in [4.78, 5) is 24.8. The van der Waals surface area contributed by atoms with Crippen LogP contribution in [0.3, 0.4) is 0 Å². The maximum absolute atomic E-state index is 12.5. The van der Waals surface area contributed by atoms with Crippen molar-refractivity contribution in [3.63, 3.8) is 0 Å². The van der Waals surface area contributed by atoms with Crippen molar-refractivity contribution in [2.45, 2.75) is 44.7 Å². The smallest absolute Gasteiger partial charge is 0.315 e.